The zero-order valence-electron chi connectivity index (χ0n) is 12.2. The van der Waals surface area contributed by atoms with E-state index in [1.807, 2.05) is 61.5 Å². The third-order valence-electron chi connectivity index (χ3n) is 3.45. The SMILES string of the molecule is Cc1ccc(/C=C/N(N=O)c2ccnc3ccccc23)cc1. The number of para-hydroxylation sites is 1. The average molecular weight is 289 g/mol. The van der Waals surface area contributed by atoms with E-state index < -0.39 is 0 Å². The van der Waals surface area contributed by atoms with Crippen molar-refractivity contribution < 1.29 is 0 Å². The molecule has 3 rings (SSSR count). The highest BCUT2D eigenvalue weighted by Gasteiger charge is 2.08. The summed E-state index contributed by atoms with van der Waals surface area (Å²) >= 11 is 0. The van der Waals surface area contributed by atoms with Crippen molar-refractivity contribution in [3.05, 3.63) is 83.0 Å². The summed E-state index contributed by atoms with van der Waals surface area (Å²) in [5, 5.41) is 5.32. The third kappa shape index (κ3) is 2.86. The number of hydrogen-bond acceptors (Lipinski definition) is 3. The Morgan fingerprint density at radius 2 is 1.82 bits per heavy atom. The first-order valence-electron chi connectivity index (χ1n) is 6.99. The Bertz CT molecular complexity index is 820. The summed E-state index contributed by atoms with van der Waals surface area (Å²) in [6.45, 7) is 2.04. The van der Waals surface area contributed by atoms with E-state index in [9.17, 15) is 4.91 Å². The molecule has 1 aromatic heterocycles. The predicted octanol–water partition coefficient (Wildman–Crippen LogP) is 4.70. The van der Waals surface area contributed by atoms with Gasteiger partial charge in [0.1, 0.15) is 0 Å². The third-order valence-corrected chi connectivity index (χ3v) is 3.45. The van der Waals surface area contributed by atoms with E-state index in [-0.39, 0.29) is 0 Å². The number of nitrogens with zero attached hydrogens (tertiary/aromatic N) is 3. The van der Waals surface area contributed by atoms with Crippen LogP contribution in [0.3, 0.4) is 0 Å². The zero-order valence-corrected chi connectivity index (χ0v) is 12.2. The number of hydrogen-bond donors (Lipinski definition) is 0. The second-order valence-electron chi connectivity index (χ2n) is 5.00. The lowest BCUT2D eigenvalue weighted by Gasteiger charge is -2.12. The average Bonchev–Trinajstić information content (AvgIpc) is 2.57. The predicted molar refractivity (Wildman–Crippen MR) is 90.2 cm³/mol. The fourth-order valence-electron chi connectivity index (χ4n) is 2.27. The molecule has 2 aromatic carbocycles. The van der Waals surface area contributed by atoms with Crippen molar-refractivity contribution in [2.45, 2.75) is 6.92 Å². The van der Waals surface area contributed by atoms with Gasteiger partial charge in [-0.2, -0.15) is 0 Å². The van der Waals surface area contributed by atoms with E-state index in [4.69, 9.17) is 0 Å². The number of pyridine rings is 1. The molecule has 3 aromatic rings. The molecule has 4 nitrogen and oxygen atoms in total. The Morgan fingerprint density at radius 3 is 2.59 bits per heavy atom. The molecule has 0 aliphatic carbocycles. The molecule has 0 aliphatic rings. The number of benzene rings is 2. The number of nitroso groups, excluding NO2 is 1. The van der Waals surface area contributed by atoms with Gasteiger partial charge < -0.3 is 0 Å². The summed E-state index contributed by atoms with van der Waals surface area (Å²) in [7, 11) is 0. The van der Waals surface area contributed by atoms with Crippen LogP contribution in [0.25, 0.3) is 17.0 Å². The summed E-state index contributed by atoms with van der Waals surface area (Å²) in [6.07, 6.45) is 5.20. The minimum absolute atomic E-state index is 0.712. The van der Waals surface area contributed by atoms with Gasteiger partial charge in [0.25, 0.3) is 0 Å². The molecule has 0 atom stereocenters. The highest BCUT2D eigenvalue weighted by molar-refractivity contribution is 5.91. The van der Waals surface area contributed by atoms with E-state index in [1.165, 1.54) is 10.6 Å². The largest absolute Gasteiger partial charge is 0.256 e. The van der Waals surface area contributed by atoms with Gasteiger partial charge in [0.2, 0.25) is 0 Å². The van der Waals surface area contributed by atoms with Crippen LogP contribution in [0, 0.1) is 11.8 Å². The fourth-order valence-corrected chi connectivity index (χ4v) is 2.27. The minimum atomic E-state index is 0.712. The smallest absolute Gasteiger partial charge is 0.0787 e. The number of anilines is 1. The Hall–Kier alpha value is -3.01. The number of aryl methyl sites for hydroxylation is 1. The van der Waals surface area contributed by atoms with E-state index >= 15 is 0 Å². The van der Waals surface area contributed by atoms with Crippen molar-refractivity contribution in [3.8, 4) is 0 Å². The second-order valence-corrected chi connectivity index (χ2v) is 5.00. The van der Waals surface area contributed by atoms with Gasteiger partial charge >= 0.3 is 0 Å². The Kier molecular flexibility index (Phi) is 3.92. The van der Waals surface area contributed by atoms with Gasteiger partial charge in [0, 0.05) is 17.8 Å². The van der Waals surface area contributed by atoms with Gasteiger partial charge in [-0.15, -0.1) is 4.91 Å². The number of fused-ring (bicyclic) bond motifs is 1. The maximum atomic E-state index is 11.2. The summed E-state index contributed by atoms with van der Waals surface area (Å²) in [6, 6.07) is 17.5. The molecule has 22 heavy (non-hydrogen) atoms. The van der Waals surface area contributed by atoms with Gasteiger partial charge in [-0.1, -0.05) is 48.0 Å². The van der Waals surface area contributed by atoms with Crippen LogP contribution in [0.4, 0.5) is 5.69 Å². The topological polar surface area (TPSA) is 45.6 Å². The van der Waals surface area contributed by atoms with Crippen LogP contribution in [-0.2, 0) is 0 Å². The summed E-state index contributed by atoms with van der Waals surface area (Å²) in [4.78, 5) is 15.5. The van der Waals surface area contributed by atoms with Gasteiger partial charge in [-0.3, -0.25) is 4.98 Å². The molecule has 0 bridgehead atoms. The molecule has 0 unspecified atom stereocenters. The van der Waals surface area contributed by atoms with Crippen molar-refractivity contribution in [1.82, 2.24) is 4.98 Å². The molecule has 4 heteroatoms. The van der Waals surface area contributed by atoms with Crippen molar-refractivity contribution in [2.75, 3.05) is 5.01 Å². The second kappa shape index (κ2) is 6.18. The van der Waals surface area contributed by atoms with Crippen LogP contribution in [-0.4, -0.2) is 4.98 Å². The zero-order chi connectivity index (χ0) is 15.4. The Morgan fingerprint density at radius 1 is 1.05 bits per heavy atom. The maximum absolute atomic E-state index is 11.2. The van der Waals surface area contributed by atoms with Gasteiger partial charge in [0.15, 0.2) is 0 Å². The quantitative estimate of drug-likeness (QED) is 0.516. The molecule has 0 saturated carbocycles. The van der Waals surface area contributed by atoms with Crippen LogP contribution in [0.2, 0.25) is 0 Å². The molecule has 0 amide bonds. The number of aromatic nitrogens is 1. The van der Waals surface area contributed by atoms with E-state index in [2.05, 4.69) is 10.3 Å². The van der Waals surface area contributed by atoms with Gasteiger partial charge in [-0.05, 0) is 30.7 Å². The van der Waals surface area contributed by atoms with Crippen LogP contribution in [0.1, 0.15) is 11.1 Å². The lowest BCUT2D eigenvalue weighted by Crippen LogP contribution is -2.06. The van der Waals surface area contributed by atoms with Crippen molar-refractivity contribution in [3.63, 3.8) is 0 Å². The lowest BCUT2D eigenvalue weighted by molar-refractivity contribution is 1.07. The van der Waals surface area contributed by atoms with Crippen LogP contribution < -0.4 is 5.01 Å². The maximum Gasteiger partial charge on any atom is 0.0787 e. The molecule has 0 aliphatic heterocycles. The number of rotatable bonds is 4. The van der Waals surface area contributed by atoms with Crippen LogP contribution in [0.5, 0.6) is 0 Å². The molecule has 1 heterocycles. The summed E-state index contributed by atoms with van der Waals surface area (Å²) in [5.74, 6) is 0. The lowest BCUT2D eigenvalue weighted by atomic mass is 10.1. The monoisotopic (exact) mass is 289 g/mol. The molecule has 0 radical (unpaired) electrons. The van der Waals surface area contributed by atoms with Crippen molar-refractivity contribution >= 4 is 22.7 Å². The Balaban J connectivity index is 1.96. The highest BCUT2D eigenvalue weighted by Crippen LogP contribution is 2.25. The normalized spacial score (nSPS) is 11.0. The van der Waals surface area contributed by atoms with E-state index in [0.29, 0.717) is 5.69 Å². The minimum Gasteiger partial charge on any atom is -0.256 e. The molecule has 108 valence electrons. The molecule has 0 N–H and O–H groups in total. The van der Waals surface area contributed by atoms with Crippen molar-refractivity contribution in [2.24, 2.45) is 5.29 Å². The summed E-state index contributed by atoms with van der Waals surface area (Å²) in [5.41, 5.74) is 3.75. The molecular weight excluding hydrogens is 274 g/mol. The van der Waals surface area contributed by atoms with Gasteiger partial charge in [-0.25, -0.2) is 5.01 Å². The standard InChI is InChI=1S/C18H15N3O/c1-14-6-8-15(9-7-14)11-13-21(20-22)18-10-12-19-17-5-3-2-4-16(17)18/h2-13H,1H3/b13-11+. The van der Waals surface area contributed by atoms with Crippen LogP contribution >= 0.6 is 0 Å². The Labute approximate surface area is 128 Å². The highest BCUT2D eigenvalue weighted by atomic mass is 16.3. The first-order chi connectivity index (χ1) is 10.8. The molecular formula is C18H15N3O. The molecule has 0 spiro atoms. The first kappa shape index (κ1) is 13.9. The van der Waals surface area contributed by atoms with Crippen LogP contribution in [0.15, 0.2) is 72.3 Å². The van der Waals surface area contributed by atoms with Crippen molar-refractivity contribution in [1.29, 1.82) is 0 Å². The summed E-state index contributed by atoms with van der Waals surface area (Å²) < 4.78 is 0. The van der Waals surface area contributed by atoms with E-state index in [0.717, 1.165) is 16.5 Å². The first-order valence-corrected chi connectivity index (χ1v) is 6.99. The fraction of sp³-hybridized carbons (Fsp3) is 0.0556. The molecule has 0 saturated heterocycles. The van der Waals surface area contributed by atoms with E-state index in [1.54, 1.807) is 18.5 Å². The van der Waals surface area contributed by atoms with Gasteiger partial charge in [0.05, 0.1) is 16.5 Å². The molecule has 0 fully saturated rings.